The number of nitrogens with one attached hydrogen (secondary N) is 2. The molecule has 0 spiro atoms. The van der Waals surface area contributed by atoms with Crippen LogP contribution < -0.4 is 10.6 Å². The molecule has 0 aliphatic rings. The van der Waals surface area contributed by atoms with Gasteiger partial charge in [-0.15, -0.1) is 11.3 Å². The van der Waals surface area contributed by atoms with E-state index in [0.717, 1.165) is 5.69 Å². The highest BCUT2D eigenvalue weighted by Crippen LogP contribution is 2.15. The number of anilines is 1. The van der Waals surface area contributed by atoms with E-state index in [1.807, 2.05) is 29.6 Å². The first kappa shape index (κ1) is 16.9. The number of carbonyl (C=O) groups is 2. The molecule has 0 unspecified atom stereocenters. The van der Waals surface area contributed by atoms with E-state index in [9.17, 15) is 9.59 Å². The van der Waals surface area contributed by atoms with Crippen molar-refractivity contribution in [2.45, 2.75) is 6.42 Å². The smallest absolute Gasteiger partial charge is 0.265 e. The molecule has 0 bridgehead atoms. The number of aromatic nitrogens is 1. The Bertz CT molecular complexity index is 848. The van der Waals surface area contributed by atoms with Crippen molar-refractivity contribution in [2.24, 2.45) is 0 Å². The molecule has 1 aromatic carbocycles. The van der Waals surface area contributed by atoms with Gasteiger partial charge in [0.25, 0.3) is 11.8 Å². The van der Waals surface area contributed by atoms with Crippen molar-refractivity contribution < 1.29 is 9.59 Å². The molecule has 5 nitrogen and oxygen atoms in total. The molecule has 3 rings (SSSR count). The van der Waals surface area contributed by atoms with Crippen LogP contribution in [-0.2, 0) is 6.42 Å². The molecule has 2 amide bonds. The van der Waals surface area contributed by atoms with Crippen LogP contribution in [0.5, 0.6) is 0 Å². The van der Waals surface area contributed by atoms with Gasteiger partial charge in [0.2, 0.25) is 0 Å². The summed E-state index contributed by atoms with van der Waals surface area (Å²) in [6, 6.07) is 16.2. The third-order valence-corrected chi connectivity index (χ3v) is 4.39. The molecule has 3 aromatic rings. The lowest BCUT2D eigenvalue weighted by molar-refractivity contribution is 0.0952. The number of thiophene rings is 1. The summed E-state index contributed by atoms with van der Waals surface area (Å²) in [5.41, 5.74) is 2.03. The van der Waals surface area contributed by atoms with Gasteiger partial charge in [-0.2, -0.15) is 0 Å². The molecule has 0 radical (unpaired) electrons. The minimum atomic E-state index is -0.178. The fraction of sp³-hybridized carbons (Fsp3) is 0.105. The normalized spacial score (nSPS) is 10.2. The number of rotatable bonds is 6. The van der Waals surface area contributed by atoms with E-state index in [2.05, 4.69) is 15.6 Å². The van der Waals surface area contributed by atoms with E-state index in [1.54, 1.807) is 36.5 Å². The Morgan fingerprint density at radius 3 is 2.68 bits per heavy atom. The second-order valence-corrected chi connectivity index (χ2v) is 6.29. The quantitative estimate of drug-likeness (QED) is 0.715. The van der Waals surface area contributed by atoms with Crippen molar-refractivity contribution in [3.63, 3.8) is 0 Å². The van der Waals surface area contributed by atoms with Gasteiger partial charge in [-0.1, -0.05) is 18.2 Å². The van der Waals surface area contributed by atoms with Crippen LogP contribution in [0.25, 0.3) is 0 Å². The maximum Gasteiger partial charge on any atom is 0.265 e. The summed E-state index contributed by atoms with van der Waals surface area (Å²) in [7, 11) is 0. The topological polar surface area (TPSA) is 71.1 Å². The van der Waals surface area contributed by atoms with Crippen LogP contribution >= 0.6 is 11.3 Å². The Kier molecular flexibility index (Phi) is 5.53. The van der Waals surface area contributed by atoms with Gasteiger partial charge in [0, 0.05) is 36.1 Å². The van der Waals surface area contributed by atoms with Gasteiger partial charge in [0.15, 0.2) is 0 Å². The van der Waals surface area contributed by atoms with E-state index < -0.39 is 0 Å². The predicted molar refractivity (Wildman–Crippen MR) is 99.0 cm³/mol. The summed E-state index contributed by atoms with van der Waals surface area (Å²) >= 11 is 1.37. The number of amides is 2. The van der Waals surface area contributed by atoms with Crippen LogP contribution in [-0.4, -0.2) is 23.3 Å². The molecule has 0 aliphatic heterocycles. The van der Waals surface area contributed by atoms with Crippen molar-refractivity contribution in [1.82, 2.24) is 10.3 Å². The maximum atomic E-state index is 12.3. The van der Waals surface area contributed by atoms with Gasteiger partial charge in [-0.25, -0.2) is 0 Å². The summed E-state index contributed by atoms with van der Waals surface area (Å²) in [6.45, 7) is 0.502. The molecule has 126 valence electrons. The highest BCUT2D eigenvalue weighted by atomic mass is 32.1. The molecule has 0 saturated carbocycles. The summed E-state index contributed by atoms with van der Waals surface area (Å²) < 4.78 is 0. The van der Waals surface area contributed by atoms with E-state index >= 15 is 0 Å². The zero-order valence-corrected chi connectivity index (χ0v) is 14.3. The van der Waals surface area contributed by atoms with Crippen LogP contribution in [0.2, 0.25) is 0 Å². The molecular weight excluding hydrogens is 334 g/mol. The van der Waals surface area contributed by atoms with E-state index in [-0.39, 0.29) is 11.8 Å². The minimum Gasteiger partial charge on any atom is -0.352 e. The number of hydrogen-bond donors (Lipinski definition) is 2. The number of nitrogens with zero attached hydrogens (tertiary/aromatic N) is 1. The Morgan fingerprint density at radius 1 is 1.00 bits per heavy atom. The molecular formula is C19H17N3O2S. The largest absolute Gasteiger partial charge is 0.352 e. The zero-order valence-electron chi connectivity index (χ0n) is 13.4. The highest BCUT2D eigenvalue weighted by Gasteiger charge is 2.09. The van der Waals surface area contributed by atoms with Crippen LogP contribution in [0.3, 0.4) is 0 Å². The Hall–Kier alpha value is -2.99. The fourth-order valence-electron chi connectivity index (χ4n) is 2.29. The van der Waals surface area contributed by atoms with Crippen molar-refractivity contribution in [3.05, 3.63) is 82.3 Å². The van der Waals surface area contributed by atoms with Crippen LogP contribution in [0.4, 0.5) is 5.69 Å². The maximum absolute atomic E-state index is 12.3. The number of benzene rings is 1. The van der Waals surface area contributed by atoms with E-state index in [4.69, 9.17) is 0 Å². The lowest BCUT2D eigenvalue weighted by atomic mass is 10.2. The molecule has 0 saturated heterocycles. The lowest BCUT2D eigenvalue weighted by Crippen LogP contribution is -2.26. The van der Waals surface area contributed by atoms with Crippen molar-refractivity contribution in [2.75, 3.05) is 11.9 Å². The average Bonchev–Trinajstić information content (AvgIpc) is 3.18. The van der Waals surface area contributed by atoms with Gasteiger partial charge in [-0.05, 0) is 41.8 Å². The van der Waals surface area contributed by atoms with Crippen LogP contribution in [0.15, 0.2) is 66.2 Å². The standard InChI is InChI=1S/C19H17N3O2S/c23-18(21-11-9-15-6-1-2-10-20-15)14-5-3-7-16(13-14)22-19(24)17-8-4-12-25-17/h1-8,10,12-13H,9,11H2,(H,21,23)(H,22,24). The second kappa shape index (κ2) is 8.21. The third-order valence-electron chi connectivity index (χ3n) is 3.52. The lowest BCUT2D eigenvalue weighted by Gasteiger charge is -2.08. The van der Waals surface area contributed by atoms with E-state index in [1.165, 1.54) is 11.3 Å². The minimum absolute atomic E-state index is 0.178. The Labute approximate surface area is 149 Å². The van der Waals surface area contributed by atoms with Crippen LogP contribution in [0, 0.1) is 0 Å². The van der Waals surface area contributed by atoms with Crippen molar-refractivity contribution in [3.8, 4) is 0 Å². The first-order valence-corrected chi connectivity index (χ1v) is 8.73. The van der Waals surface area contributed by atoms with E-state index in [0.29, 0.717) is 29.1 Å². The third kappa shape index (κ3) is 4.74. The Balaban J connectivity index is 1.57. The van der Waals surface area contributed by atoms with Crippen molar-refractivity contribution >= 4 is 28.8 Å². The molecule has 6 heteroatoms. The Morgan fingerprint density at radius 2 is 1.92 bits per heavy atom. The SMILES string of the molecule is O=C(NCCc1ccccn1)c1cccc(NC(=O)c2cccs2)c1. The molecule has 2 N–H and O–H groups in total. The second-order valence-electron chi connectivity index (χ2n) is 5.34. The zero-order chi connectivity index (χ0) is 17.5. The fourth-order valence-corrected chi connectivity index (χ4v) is 2.91. The number of pyridine rings is 1. The summed E-state index contributed by atoms with van der Waals surface area (Å²) in [6.07, 6.45) is 2.40. The predicted octanol–water partition coefficient (Wildman–Crippen LogP) is 3.37. The molecule has 0 fully saturated rings. The number of carbonyl (C=O) groups excluding carboxylic acids is 2. The molecule has 25 heavy (non-hydrogen) atoms. The van der Waals surface area contributed by atoms with Crippen molar-refractivity contribution in [1.29, 1.82) is 0 Å². The molecule has 2 heterocycles. The molecule has 0 aliphatic carbocycles. The molecule has 2 aromatic heterocycles. The first-order valence-electron chi connectivity index (χ1n) is 7.85. The number of hydrogen-bond acceptors (Lipinski definition) is 4. The van der Waals surface area contributed by atoms with Gasteiger partial charge in [-0.3, -0.25) is 14.6 Å². The van der Waals surface area contributed by atoms with Gasteiger partial charge >= 0.3 is 0 Å². The average molecular weight is 351 g/mol. The van der Waals surface area contributed by atoms with Crippen LogP contribution in [0.1, 0.15) is 25.7 Å². The summed E-state index contributed by atoms with van der Waals surface area (Å²) in [5, 5.41) is 7.52. The van der Waals surface area contributed by atoms with Gasteiger partial charge in [0.05, 0.1) is 4.88 Å². The van der Waals surface area contributed by atoms with Gasteiger partial charge in [0.1, 0.15) is 0 Å². The van der Waals surface area contributed by atoms with Gasteiger partial charge < -0.3 is 10.6 Å². The summed E-state index contributed by atoms with van der Waals surface area (Å²) in [4.78, 5) is 29.2. The monoisotopic (exact) mass is 351 g/mol. The molecule has 0 atom stereocenters. The first-order chi connectivity index (χ1) is 12.2. The summed E-state index contributed by atoms with van der Waals surface area (Å²) in [5.74, 6) is -0.356. The highest BCUT2D eigenvalue weighted by molar-refractivity contribution is 7.12.